The summed E-state index contributed by atoms with van der Waals surface area (Å²) in [6.45, 7) is 0.841. The maximum absolute atomic E-state index is 15.2. The van der Waals surface area contributed by atoms with E-state index in [2.05, 4.69) is 10.4 Å². The van der Waals surface area contributed by atoms with Crippen molar-refractivity contribution in [2.75, 3.05) is 32.2 Å². The van der Waals surface area contributed by atoms with Crippen LogP contribution in [0.5, 0.6) is 0 Å². The molecule has 11 heteroatoms. The lowest BCUT2D eigenvalue weighted by molar-refractivity contribution is 0.0266. The molecular weight excluding hydrogens is 540 g/mol. The van der Waals surface area contributed by atoms with Crippen molar-refractivity contribution in [2.24, 2.45) is 0 Å². The molecule has 1 amide bonds. The lowest BCUT2D eigenvalue weighted by Gasteiger charge is -2.42. The molecule has 214 valence electrons. The minimum absolute atomic E-state index is 0.00655. The molecule has 2 aliphatic carbocycles. The Hall–Kier alpha value is -4.12. The first kappa shape index (κ1) is 27.1. The fraction of sp³-hybridized carbons (Fsp3) is 0.333. The van der Waals surface area contributed by atoms with E-state index in [1.807, 2.05) is 24.1 Å². The highest BCUT2D eigenvalue weighted by Crippen LogP contribution is 2.41. The number of hydrogen-bond acceptors (Lipinski definition) is 6. The van der Waals surface area contributed by atoms with Gasteiger partial charge in [0, 0.05) is 55.4 Å². The van der Waals surface area contributed by atoms with E-state index in [0.29, 0.717) is 43.1 Å². The molecule has 1 fully saturated rings. The molecule has 6 rings (SSSR count). The van der Waals surface area contributed by atoms with E-state index < -0.39 is 40.3 Å². The third-order valence-electron chi connectivity index (χ3n) is 7.99. The molecule has 3 aliphatic rings. The Kier molecular flexibility index (Phi) is 7.06. The van der Waals surface area contributed by atoms with Crippen LogP contribution in [0.15, 0.2) is 54.1 Å². The number of pyridine rings is 1. The van der Waals surface area contributed by atoms with Crippen molar-refractivity contribution < 1.29 is 31.8 Å². The minimum atomic E-state index is -1.44. The summed E-state index contributed by atoms with van der Waals surface area (Å²) in [7, 11) is 3.45. The van der Waals surface area contributed by atoms with Crippen LogP contribution in [0.3, 0.4) is 0 Å². The average Bonchev–Trinajstić information content (AvgIpc) is 2.94. The van der Waals surface area contributed by atoms with Crippen LogP contribution in [0.1, 0.15) is 36.0 Å². The van der Waals surface area contributed by atoms with Crippen LogP contribution in [-0.4, -0.2) is 55.4 Å². The van der Waals surface area contributed by atoms with E-state index in [1.165, 1.54) is 12.3 Å². The molecule has 0 saturated heterocycles. The lowest BCUT2D eigenvalue weighted by Crippen LogP contribution is -2.48. The highest BCUT2D eigenvalue weighted by molar-refractivity contribution is 6.10. The van der Waals surface area contributed by atoms with Crippen LogP contribution < -0.4 is 10.3 Å². The van der Waals surface area contributed by atoms with Crippen molar-refractivity contribution in [3.8, 4) is 11.1 Å². The summed E-state index contributed by atoms with van der Waals surface area (Å²) in [4.78, 5) is 20.1. The quantitative estimate of drug-likeness (QED) is 0.308. The second-order valence-corrected chi connectivity index (χ2v) is 10.4. The number of halogens is 4. The number of rotatable bonds is 6. The highest BCUT2D eigenvalue weighted by Gasteiger charge is 2.35. The van der Waals surface area contributed by atoms with Gasteiger partial charge in [0.2, 0.25) is 0 Å². The second-order valence-electron chi connectivity index (χ2n) is 10.4. The van der Waals surface area contributed by atoms with Gasteiger partial charge in [-0.2, -0.15) is 0 Å². The molecule has 7 nitrogen and oxygen atoms in total. The number of anilines is 1. The number of benzene rings is 2. The van der Waals surface area contributed by atoms with Gasteiger partial charge in [-0.1, -0.05) is 6.08 Å². The molecule has 1 N–H and O–H groups in total. The van der Waals surface area contributed by atoms with Gasteiger partial charge in [-0.15, -0.1) is 0 Å². The minimum Gasteiger partial charge on any atom is -0.494 e. The Balaban J connectivity index is 1.48. The van der Waals surface area contributed by atoms with Crippen molar-refractivity contribution in [3.63, 3.8) is 0 Å². The van der Waals surface area contributed by atoms with Gasteiger partial charge in [0.1, 0.15) is 24.0 Å². The van der Waals surface area contributed by atoms with Gasteiger partial charge < -0.3 is 14.4 Å². The van der Waals surface area contributed by atoms with Gasteiger partial charge in [-0.3, -0.25) is 20.2 Å². The van der Waals surface area contributed by atoms with Crippen LogP contribution >= 0.6 is 0 Å². The summed E-state index contributed by atoms with van der Waals surface area (Å²) in [5, 5.41) is 2.07. The number of carbonyl (C=O) groups excluding carboxylic acids is 1. The summed E-state index contributed by atoms with van der Waals surface area (Å²) in [6.07, 6.45) is 8.24. The number of nitrogens with one attached hydrogen (secondary N) is 1. The summed E-state index contributed by atoms with van der Waals surface area (Å²) in [5.41, 5.74) is 3.36. The second kappa shape index (κ2) is 10.7. The standard InChI is InChI=1S/C30H28F4N4O3/c1-37(17-13-18(14-17)40-2)29-19-7-8-22(32)26(20-11-16(31)12-23(33)27(20)34)28(19)35-15-21(29)30(39)36-38-9-10-41-25-6-4-3-5-24(25)38/h3,5,7-8,11-12,15,17-18H,4,6,9-10,13-14H2,1-2H3,(H,36,39). The number of aromatic nitrogens is 1. The molecular formula is C30H28F4N4O3. The van der Waals surface area contributed by atoms with E-state index in [4.69, 9.17) is 9.47 Å². The molecule has 3 aromatic rings. The molecule has 0 atom stereocenters. The monoisotopic (exact) mass is 568 g/mol. The summed E-state index contributed by atoms with van der Waals surface area (Å²) in [6, 6.07) is 3.66. The van der Waals surface area contributed by atoms with E-state index in [9.17, 15) is 18.0 Å². The lowest BCUT2D eigenvalue weighted by atomic mass is 9.87. The first-order chi connectivity index (χ1) is 19.8. The molecule has 0 unspecified atom stereocenters. The van der Waals surface area contributed by atoms with Crippen LogP contribution in [0, 0.1) is 23.3 Å². The third-order valence-corrected chi connectivity index (χ3v) is 7.99. The number of ether oxygens (including phenoxy) is 2. The van der Waals surface area contributed by atoms with E-state index in [1.54, 1.807) is 12.1 Å². The van der Waals surface area contributed by atoms with Crippen LogP contribution in [0.4, 0.5) is 23.2 Å². The first-order valence-electron chi connectivity index (χ1n) is 13.4. The normalized spacial score (nSPS) is 20.0. The van der Waals surface area contributed by atoms with Crippen molar-refractivity contribution in [1.29, 1.82) is 0 Å². The van der Waals surface area contributed by atoms with E-state index >= 15 is 4.39 Å². The molecule has 2 aromatic carbocycles. The Bertz CT molecular complexity index is 1600. The zero-order valence-corrected chi connectivity index (χ0v) is 22.5. The topological polar surface area (TPSA) is 66.9 Å². The maximum atomic E-state index is 15.2. The van der Waals surface area contributed by atoms with Gasteiger partial charge in [0.05, 0.1) is 35.1 Å². The Morgan fingerprint density at radius 2 is 1.98 bits per heavy atom. The average molecular weight is 569 g/mol. The number of methoxy groups -OCH3 is 1. The zero-order valence-electron chi connectivity index (χ0n) is 22.5. The number of hydrogen-bond donors (Lipinski definition) is 1. The molecule has 1 saturated carbocycles. The SMILES string of the molecule is COC1CC(N(C)c2c(C(=O)NN3CCOC4=C3C=CCC4)cnc3c(-c4cc(F)cc(F)c4F)c(F)ccc23)C1. The number of amides is 1. The Morgan fingerprint density at radius 1 is 1.17 bits per heavy atom. The fourth-order valence-corrected chi connectivity index (χ4v) is 5.69. The van der Waals surface area contributed by atoms with Crippen molar-refractivity contribution in [1.82, 2.24) is 15.4 Å². The molecule has 41 heavy (non-hydrogen) atoms. The number of hydrazine groups is 1. The number of fused-ring (bicyclic) bond motifs is 1. The number of carbonyl (C=O) groups is 1. The van der Waals surface area contributed by atoms with Crippen molar-refractivity contribution in [2.45, 2.75) is 37.8 Å². The van der Waals surface area contributed by atoms with Gasteiger partial charge in [0.15, 0.2) is 11.6 Å². The Labute approximate surface area is 234 Å². The number of nitrogens with zero attached hydrogens (tertiary/aromatic N) is 3. The predicted molar refractivity (Wildman–Crippen MR) is 145 cm³/mol. The smallest absolute Gasteiger partial charge is 0.273 e. The maximum Gasteiger partial charge on any atom is 0.273 e. The molecule has 1 aliphatic heterocycles. The van der Waals surface area contributed by atoms with Crippen LogP contribution in [0.25, 0.3) is 22.0 Å². The van der Waals surface area contributed by atoms with Gasteiger partial charge >= 0.3 is 0 Å². The van der Waals surface area contributed by atoms with Crippen molar-refractivity contribution in [3.05, 3.63) is 82.9 Å². The zero-order chi connectivity index (χ0) is 28.8. The van der Waals surface area contributed by atoms with Gasteiger partial charge in [0.25, 0.3) is 5.91 Å². The Morgan fingerprint density at radius 3 is 2.76 bits per heavy atom. The van der Waals surface area contributed by atoms with Gasteiger partial charge in [-0.25, -0.2) is 17.6 Å². The fourth-order valence-electron chi connectivity index (χ4n) is 5.69. The molecule has 0 bridgehead atoms. The molecule has 2 heterocycles. The summed E-state index contributed by atoms with van der Waals surface area (Å²) in [5.74, 6) is -4.45. The number of allylic oxidation sites excluding steroid dienone is 3. The predicted octanol–water partition coefficient (Wildman–Crippen LogP) is 5.61. The summed E-state index contributed by atoms with van der Waals surface area (Å²) < 4.78 is 69.6. The van der Waals surface area contributed by atoms with Crippen molar-refractivity contribution >= 4 is 22.5 Å². The largest absolute Gasteiger partial charge is 0.494 e. The van der Waals surface area contributed by atoms with Crippen LogP contribution in [0.2, 0.25) is 0 Å². The molecule has 0 radical (unpaired) electrons. The highest BCUT2D eigenvalue weighted by atomic mass is 19.2. The van der Waals surface area contributed by atoms with Gasteiger partial charge in [-0.05, 0) is 43.5 Å². The molecule has 1 aromatic heterocycles. The molecule has 0 spiro atoms. The first-order valence-corrected chi connectivity index (χ1v) is 13.4. The summed E-state index contributed by atoms with van der Waals surface area (Å²) >= 11 is 0. The third kappa shape index (κ3) is 4.77. The van der Waals surface area contributed by atoms with Crippen LogP contribution in [-0.2, 0) is 9.47 Å². The van der Waals surface area contributed by atoms with E-state index in [0.717, 1.165) is 36.4 Å². The van der Waals surface area contributed by atoms with E-state index in [-0.39, 0.29) is 23.2 Å².